The van der Waals surface area contributed by atoms with Gasteiger partial charge in [0.05, 0.1) is 0 Å². The highest BCUT2D eigenvalue weighted by atomic mass is 16.2. The maximum atomic E-state index is 12.9. The van der Waals surface area contributed by atoms with Gasteiger partial charge in [-0.15, -0.1) is 0 Å². The van der Waals surface area contributed by atoms with E-state index in [1.807, 2.05) is 12.1 Å². The summed E-state index contributed by atoms with van der Waals surface area (Å²) in [5.41, 5.74) is 8.48. The van der Waals surface area contributed by atoms with Gasteiger partial charge in [0, 0.05) is 25.1 Å². The van der Waals surface area contributed by atoms with Gasteiger partial charge < -0.3 is 16.0 Å². The normalized spacial score (nSPS) is 27.1. The van der Waals surface area contributed by atoms with Crippen molar-refractivity contribution >= 4 is 17.7 Å². The zero-order valence-corrected chi connectivity index (χ0v) is 16.8. The fourth-order valence-electron chi connectivity index (χ4n) is 4.80. The Hall–Kier alpha value is -2.25. The number of hydrogen-bond acceptors (Lipinski definition) is 5. The van der Waals surface area contributed by atoms with E-state index >= 15 is 0 Å². The number of piperidine rings is 1. The molecule has 2 aliphatic heterocycles. The topological polar surface area (TPSA) is 105 Å². The van der Waals surface area contributed by atoms with Gasteiger partial charge >= 0.3 is 0 Å². The third-order valence-electron chi connectivity index (χ3n) is 6.65. The number of fused-ring (bicyclic) bond motifs is 1. The van der Waals surface area contributed by atoms with E-state index in [1.165, 1.54) is 25.7 Å². The van der Waals surface area contributed by atoms with Crippen molar-refractivity contribution in [2.75, 3.05) is 13.1 Å². The molecule has 1 saturated heterocycles. The number of amides is 3. The average molecular weight is 399 g/mol. The van der Waals surface area contributed by atoms with Crippen LogP contribution in [-0.2, 0) is 22.7 Å². The number of nitrogens with one attached hydrogen (secondary N) is 2. The third-order valence-corrected chi connectivity index (χ3v) is 6.65. The number of hydrogen-bond donors (Lipinski definition) is 3. The molecule has 1 aliphatic carbocycles. The SMILES string of the molecule is NCC1CCC(CNCc2ccc3c(c2)C(=O)N(C2CCC(=O)NC2=O)C3)CC1. The second-order valence-corrected chi connectivity index (χ2v) is 8.64. The Morgan fingerprint density at radius 1 is 1.07 bits per heavy atom. The zero-order valence-electron chi connectivity index (χ0n) is 16.8. The average Bonchev–Trinajstić information content (AvgIpc) is 3.04. The summed E-state index contributed by atoms with van der Waals surface area (Å²) < 4.78 is 0. The van der Waals surface area contributed by atoms with Gasteiger partial charge in [-0.05, 0) is 74.2 Å². The number of imide groups is 1. The lowest BCUT2D eigenvalue weighted by Crippen LogP contribution is -2.52. The maximum Gasteiger partial charge on any atom is 0.255 e. The van der Waals surface area contributed by atoms with Gasteiger partial charge in [-0.3, -0.25) is 19.7 Å². The molecule has 1 unspecified atom stereocenters. The number of nitrogens with two attached hydrogens (primary N) is 1. The molecule has 3 amide bonds. The van der Waals surface area contributed by atoms with Crippen molar-refractivity contribution in [2.45, 2.75) is 57.7 Å². The minimum atomic E-state index is -0.558. The Balaban J connectivity index is 1.32. The van der Waals surface area contributed by atoms with Gasteiger partial charge in [-0.2, -0.15) is 0 Å². The number of benzene rings is 1. The first-order valence-electron chi connectivity index (χ1n) is 10.7. The summed E-state index contributed by atoms with van der Waals surface area (Å²) in [6, 6.07) is 5.43. The molecule has 7 nitrogen and oxygen atoms in total. The van der Waals surface area contributed by atoms with Crippen LogP contribution in [0, 0.1) is 11.8 Å². The van der Waals surface area contributed by atoms with Crippen LogP contribution in [0.5, 0.6) is 0 Å². The molecular formula is C22H30N4O3. The highest BCUT2D eigenvalue weighted by molar-refractivity contribution is 6.05. The summed E-state index contributed by atoms with van der Waals surface area (Å²) in [5.74, 6) is 0.656. The molecule has 3 aliphatic rings. The highest BCUT2D eigenvalue weighted by Gasteiger charge is 2.39. The second kappa shape index (κ2) is 8.63. The Kier molecular flexibility index (Phi) is 5.96. The van der Waals surface area contributed by atoms with Crippen molar-refractivity contribution < 1.29 is 14.4 Å². The smallest absolute Gasteiger partial charge is 0.255 e. The lowest BCUT2D eigenvalue weighted by molar-refractivity contribution is -0.136. The van der Waals surface area contributed by atoms with Crippen molar-refractivity contribution in [2.24, 2.45) is 17.6 Å². The van der Waals surface area contributed by atoms with Crippen molar-refractivity contribution in [3.05, 3.63) is 34.9 Å². The lowest BCUT2D eigenvalue weighted by atomic mass is 9.82. The predicted molar refractivity (Wildman–Crippen MR) is 109 cm³/mol. The van der Waals surface area contributed by atoms with Crippen molar-refractivity contribution in [1.82, 2.24) is 15.5 Å². The molecule has 29 heavy (non-hydrogen) atoms. The van der Waals surface area contributed by atoms with Crippen LogP contribution in [0.3, 0.4) is 0 Å². The van der Waals surface area contributed by atoms with E-state index in [2.05, 4.69) is 16.7 Å². The van der Waals surface area contributed by atoms with Gasteiger partial charge in [0.2, 0.25) is 11.8 Å². The molecule has 7 heteroatoms. The van der Waals surface area contributed by atoms with E-state index in [0.717, 1.165) is 30.8 Å². The Morgan fingerprint density at radius 3 is 2.55 bits per heavy atom. The first-order chi connectivity index (χ1) is 14.0. The van der Waals surface area contributed by atoms with Crippen molar-refractivity contribution in [3.8, 4) is 0 Å². The molecule has 1 atom stereocenters. The largest absolute Gasteiger partial charge is 0.330 e. The van der Waals surface area contributed by atoms with Crippen LogP contribution in [0.1, 0.15) is 60.0 Å². The van der Waals surface area contributed by atoms with E-state index in [-0.39, 0.29) is 24.1 Å². The molecule has 1 saturated carbocycles. The van der Waals surface area contributed by atoms with E-state index in [1.54, 1.807) is 4.90 Å². The lowest BCUT2D eigenvalue weighted by Gasteiger charge is -2.29. The molecule has 2 heterocycles. The monoisotopic (exact) mass is 398 g/mol. The Labute approximate surface area is 171 Å². The number of carbonyl (C=O) groups excluding carboxylic acids is 3. The fourth-order valence-corrected chi connectivity index (χ4v) is 4.80. The van der Waals surface area contributed by atoms with Crippen LogP contribution in [0.4, 0.5) is 0 Å². The van der Waals surface area contributed by atoms with Crippen LogP contribution in [0.2, 0.25) is 0 Å². The highest BCUT2D eigenvalue weighted by Crippen LogP contribution is 2.29. The van der Waals surface area contributed by atoms with E-state index in [4.69, 9.17) is 5.73 Å². The van der Waals surface area contributed by atoms with Gasteiger partial charge in [-0.25, -0.2) is 0 Å². The van der Waals surface area contributed by atoms with Crippen molar-refractivity contribution in [1.29, 1.82) is 0 Å². The van der Waals surface area contributed by atoms with E-state index in [9.17, 15) is 14.4 Å². The summed E-state index contributed by atoms with van der Waals surface area (Å²) in [6.07, 6.45) is 5.60. The maximum absolute atomic E-state index is 12.9. The molecule has 0 bridgehead atoms. The summed E-state index contributed by atoms with van der Waals surface area (Å²) in [5, 5.41) is 5.88. The summed E-state index contributed by atoms with van der Waals surface area (Å²) in [6.45, 7) is 2.96. The number of carbonyl (C=O) groups is 3. The third kappa shape index (κ3) is 4.36. The van der Waals surface area contributed by atoms with Gasteiger partial charge in [0.15, 0.2) is 0 Å². The molecule has 4 N–H and O–H groups in total. The van der Waals surface area contributed by atoms with E-state index < -0.39 is 6.04 Å². The van der Waals surface area contributed by atoms with Crippen LogP contribution >= 0.6 is 0 Å². The van der Waals surface area contributed by atoms with E-state index in [0.29, 0.717) is 30.4 Å². The molecular weight excluding hydrogens is 368 g/mol. The van der Waals surface area contributed by atoms with Crippen LogP contribution in [0.25, 0.3) is 0 Å². The predicted octanol–water partition coefficient (Wildman–Crippen LogP) is 1.30. The van der Waals surface area contributed by atoms with Gasteiger partial charge in [0.1, 0.15) is 6.04 Å². The minimum absolute atomic E-state index is 0.114. The minimum Gasteiger partial charge on any atom is -0.330 e. The molecule has 0 spiro atoms. The fraction of sp³-hybridized carbons (Fsp3) is 0.591. The quantitative estimate of drug-likeness (QED) is 0.627. The number of nitrogens with zero attached hydrogens (tertiary/aromatic N) is 1. The van der Waals surface area contributed by atoms with Gasteiger partial charge in [-0.1, -0.05) is 12.1 Å². The molecule has 1 aromatic carbocycles. The molecule has 4 rings (SSSR count). The Bertz CT molecular complexity index is 801. The molecule has 2 fully saturated rings. The van der Waals surface area contributed by atoms with Gasteiger partial charge in [0.25, 0.3) is 5.91 Å². The zero-order chi connectivity index (χ0) is 20.4. The molecule has 156 valence electrons. The van der Waals surface area contributed by atoms with Crippen molar-refractivity contribution in [3.63, 3.8) is 0 Å². The summed E-state index contributed by atoms with van der Waals surface area (Å²) in [4.78, 5) is 38.0. The van der Waals surface area contributed by atoms with Crippen LogP contribution in [0.15, 0.2) is 18.2 Å². The standard InChI is InChI=1S/C22H30N4O3/c23-10-14-1-3-15(4-2-14)11-24-12-16-5-6-17-13-26(22(29)18(17)9-16)19-7-8-20(27)25-21(19)28/h5-6,9,14-15,19,24H,1-4,7-8,10-13,23H2,(H,25,27,28). The first kappa shape index (κ1) is 20.0. The molecule has 1 aromatic rings. The number of rotatable bonds is 6. The molecule has 0 aromatic heterocycles. The first-order valence-corrected chi connectivity index (χ1v) is 10.7. The molecule has 0 radical (unpaired) electrons. The summed E-state index contributed by atoms with van der Waals surface area (Å²) >= 11 is 0. The second-order valence-electron chi connectivity index (χ2n) is 8.64. The van der Waals surface area contributed by atoms with Crippen LogP contribution in [-0.4, -0.2) is 41.8 Å². The van der Waals surface area contributed by atoms with Crippen LogP contribution < -0.4 is 16.4 Å². The summed E-state index contributed by atoms with van der Waals surface area (Å²) in [7, 11) is 0. The Morgan fingerprint density at radius 2 is 1.83 bits per heavy atom.